The number of benzene rings is 1. The van der Waals surface area contributed by atoms with Crippen molar-refractivity contribution < 1.29 is 4.79 Å². The van der Waals surface area contributed by atoms with Crippen molar-refractivity contribution in [3.63, 3.8) is 0 Å². The lowest BCUT2D eigenvalue weighted by Gasteiger charge is -2.30. The number of anilines is 1. The standard InChI is InChI=1S/C19H30N4OS/c1-12-9-14(3)18(15(4)10-12)20-11-17(24)22-23-19(25)21-16-8-6-5-7-13(16)2/h9-10,13,16,20H,5-8,11H2,1-4H3,(H,22,24)(H2,21,23,25)/t13-,16+/m0/s1. The van der Waals surface area contributed by atoms with E-state index in [-0.39, 0.29) is 12.5 Å². The highest BCUT2D eigenvalue weighted by Gasteiger charge is 2.21. The van der Waals surface area contributed by atoms with Crippen molar-refractivity contribution in [1.82, 2.24) is 16.2 Å². The van der Waals surface area contributed by atoms with Gasteiger partial charge in [-0.1, -0.05) is 37.5 Å². The molecule has 4 N–H and O–H groups in total. The quantitative estimate of drug-likeness (QED) is 0.490. The van der Waals surface area contributed by atoms with Gasteiger partial charge in [0.15, 0.2) is 5.11 Å². The summed E-state index contributed by atoms with van der Waals surface area (Å²) in [6.45, 7) is 8.60. The van der Waals surface area contributed by atoms with Crippen molar-refractivity contribution >= 4 is 28.9 Å². The predicted octanol–water partition coefficient (Wildman–Crippen LogP) is 3.10. The summed E-state index contributed by atoms with van der Waals surface area (Å²) in [5, 5.41) is 6.99. The zero-order valence-corrected chi connectivity index (χ0v) is 16.5. The highest BCUT2D eigenvalue weighted by molar-refractivity contribution is 7.80. The van der Waals surface area contributed by atoms with Crippen LogP contribution in [-0.2, 0) is 4.79 Å². The van der Waals surface area contributed by atoms with Gasteiger partial charge in [0, 0.05) is 11.7 Å². The highest BCUT2D eigenvalue weighted by Crippen LogP contribution is 2.23. The smallest absolute Gasteiger partial charge is 0.257 e. The van der Waals surface area contributed by atoms with Gasteiger partial charge >= 0.3 is 0 Å². The zero-order chi connectivity index (χ0) is 18.4. The molecule has 0 heterocycles. The Hall–Kier alpha value is -1.82. The summed E-state index contributed by atoms with van der Waals surface area (Å²) < 4.78 is 0. The van der Waals surface area contributed by atoms with Crippen LogP contribution in [0, 0.1) is 26.7 Å². The number of rotatable bonds is 4. The Morgan fingerprint density at radius 2 is 1.76 bits per heavy atom. The van der Waals surface area contributed by atoms with E-state index in [0.717, 1.165) is 23.2 Å². The number of carbonyl (C=O) groups excluding carboxylic acids is 1. The van der Waals surface area contributed by atoms with Gasteiger partial charge in [0.2, 0.25) is 0 Å². The predicted molar refractivity (Wildman–Crippen MR) is 108 cm³/mol. The number of amides is 1. The fourth-order valence-corrected chi connectivity index (χ4v) is 3.74. The van der Waals surface area contributed by atoms with Crippen LogP contribution in [0.15, 0.2) is 12.1 Å². The van der Waals surface area contributed by atoms with E-state index in [1.807, 2.05) is 13.8 Å². The van der Waals surface area contributed by atoms with E-state index in [1.54, 1.807) is 0 Å². The van der Waals surface area contributed by atoms with Gasteiger partial charge < -0.3 is 10.6 Å². The van der Waals surface area contributed by atoms with Crippen LogP contribution >= 0.6 is 12.2 Å². The summed E-state index contributed by atoms with van der Waals surface area (Å²) in [5.74, 6) is 0.457. The maximum Gasteiger partial charge on any atom is 0.257 e. The Morgan fingerprint density at radius 3 is 2.40 bits per heavy atom. The minimum Gasteiger partial charge on any atom is -0.376 e. The van der Waals surface area contributed by atoms with E-state index < -0.39 is 0 Å². The third-order valence-electron chi connectivity index (χ3n) is 4.85. The van der Waals surface area contributed by atoms with E-state index in [0.29, 0.717) is 17.1 Å². The maximum atomic E-state index is 12.0. The molecule has 1 aromatic carbocycles. The average Bonchev–Trinajstić information content (AvgIpc) is 2.54. The number of hydrogen-bond donors (Lipinski definition) is 4. The zero-order valence-electron chi connectivity index (χ0n) is 15.7. The Balaban J connectivity index is 1.74. The number of thiocarbonyl (C=S) groups is 1. The van der Waals surface area contributed by atoms with Gasteiger partial charge in [-0.05, 0) is 62.9 Å². The molecular formula is C19H30N4OS. The van der Waals surface area contributed by atoms with Crippen molar-refractivity contribution in [2.75, 3.05) is 11.9 Å². The number of carbonyl (C=O) groups is 1. The van der Waals surface area contributed by atoms with Crippen LogP contribution in [0.5, 0.6) is 0 Å². The molecular weight excluding hydrogens is 332 g/mol. The maximum absolute atomic E-state index is 12.0. The first-order chi connectivity index (χ1) is 11.9. The highest BCUT2D eigenvalue weighted by atomic mass is 32.1. The molecule has 1 fully saturated rings. The fourth-order valence-electron chi connectivity index (χ4n) is 3.53. The molecule has 0 saturated heterocycles. The van der Waals surface area contributed by atoms with Crippen molar-refractivity contribution in [3.8, 4) is 0 Å². The van der Waals surface area contributed by atoms with Crippen LogP contribution in [-0.4, -0.2) is 23.6 Å². The van der Waals surface area contributed by atoms with Gasteiger partial charge in [0.05, 0.1) is 6.54 Å². The van der Waals surface area contributed by atoms with Crippen LogP contribution in [0.25, 0.3) is 0 Å². The Labute approximate surface area is 156 Å². The Morgan fingerprint density at radius 1 is 1.12 bits per heavy atom. The number of aryl methyl sites for hydroxylation is 3. The van der Waals surface area contributed by atoms with Crippen LogP contribution < -0.4 is 21.5 Å². The lowest BCUT2D eigenvalue weighted by Crippen LogP contribution is -2.52. The second kappa shape index (κ2) is 9.04. The van der Waals surface area contributed by atoms with E-state index in [2.05, 4.69) is 47.5 Å². The van der Waals surface area contributed by atoms with Crippen LogP contribution in [0.1, 0.15) is 49.3 Å². The molecule has 0 spiro atoms. The summed E-state index contributed by atoms with van der Waals surface area (Å²) in [7, 11) is 0. The normalized spacial score (nSPS) is 19.8. The SMILES string of the molecule is Cc1cc(C)c(NCC(=O)NNC(=S)N[C@@H]2CCCC[C@@H]2C)c(C)c1. The van der Waals surface area contributed by atoms with Gasteiger partial charge in [0.25, 0.3) is 5.91 Å². The lowest BCUT2D eigenvalue weighted by atomic mass is 9.86. The summed E-state index contributed by atoms with van der Waals surface area (Å²) in [5.41, 5.74) is 9.97. The second-order valence-electron chi connectivity index (χ2n) is 7.14. The van der Waals surface area contributed by atoms with Gasteiger partial charge in [-0.2, -0.15) is 0 Å². The molecule has 5 nitrogen and oxygen atoms in total. The van der Waals surface area contributed by atoms with E-state index in [1.165, 1.54) is 24.8 Å². The molecule has 138 valence electrons. The molecule has 1 aromatic rings. The van der Waals surface area contributed by atoms with Gasteiger partial charge in [-0.25, -0.2) is 0 Å². The van der Waals surface area contributed by atoms with Gasteiger partial charge in [0.1, 0.15) is 0 Å². The molecule has 2 atom stereocenters. The third-order valence-corrected chi connectivity index (χ3v) is 5.07. The first kappa shape index (κ1) is 19.5. The fraction of sp³-hybridized carbons (Fsp3) is 0.579. The first-order valence-electron chi connectivity index (χ1n) is 9.04. The third kappa shape index (κ3) is 5.88. The molecule has 25 heavy (non-hydrogen) atoms. The second-order valence-corrected chi connectivity index (χ2v) is 7.55. The van der Waals surface area contributed by atoms with Crippen LogP contribution in [0.3, 0.4) is 0 Å². The molecule has 1 amide bonds. The van der Waals surface area contributed by atoms with Gasteiger partial charge in [-0.15, -0.1) is 0 Å². The number of hydrogen-bond acceptors (Lipinski definition) is 3. The minimum atomic E-state index is -0.153. The summed E-state index contributed by atoms with van der Waals surface area (Å²) in [4.78, 5) is 12.0. The van der Waals surface area contributed by atoms with Gasteiger partial charge in [-0.3, -0.25) is 15.6 Å². The lowest BCUT2D eigenvalue weighted by molar-refractivity contribution is -0.119. The van der Waals surface area contributed by atoms with E-state index in [9.17, 15) is 4.79 Å². The van der Waals surface area contributed by atoms with Crippen molar-refractivity contribution in [3.05, 3.63) is 28.8 Å². The number of hydrazine groups is 1. The molecule has 1 aliphatic carbocycles. The average molecular weight is 363 g/mol. The van der Waals surface area contributed by atoms with Crippen LogP contribution in [0.4, 0.5) is 5.69 Å². The molecule has 1 aliphatic rings. The van der Waals surface area contributed by atoms with Crippen molar-refractivity contribution in [2.45, 2.75) is 59.4 Å². The Kier molecular flexibility index (Phi) is 7.05. The van der Waals surface area contributed by atoms with Crippen molar-refractivity contribution in [1.29, 1.82) is 0 Å². The topological polar surface area (TPSA) is 65.2 Å². The first-order valence-corrected chi connectivity index (χ1v) is 9.44. The number of nitrogens with one attached hydrogen (secondary N) is 4. The molecule has 6 heteroatoms. The van der Waals surface area contributed by atoms with E-state index >= 15 is 0 Å². The summed E-state index contributed by atoms with van der Waals surface area (Å²) in [6.07, 6.45) is 4.88. The van der Waals surface area contributed by atoms with Crippen molar-refractivity contribution in [2.24, 2.45) is 5.92 Å². The summed E-state index contributed by atoms with van der Waals surface area (Å²) in [6, 6.07) is 4.60. The summed E-state index contributed by atoms with van der Waals surface area (Å²) >= 11 is 5.28. The molecule has 0 bridgehead atoms. The molecule has 0 radical (unpaired) electrons. The molecule has 0 unspecified atom stereocenters. The monoisotopic (exact) mass is 362 g/mol. The van der Waals surface area contributed by atoms with Crippen LogP contribution in [0.2, 0.25) is 0 Å². The van der Waals surface area contributed by atoms with E-state index in [4.69, 9.17) is 12.2 Å². The molecule has 1 saturated carbocycles. The Bertz CT molecular complexity index is 609. The molecule has 0 aliphatic heterocycles. The molecule has 0 aromatic heterocycles. The minimum absolute atomic E-state index is 0.153. The molecule has 2 rings (SSSR count). The largest absolute Gasteiger partial charge is 0.376 e.